The van der Waals surface area contributed by atoms with Crippen LogP contribution in [-0.4, -0.2) is 31.9 Å². The third-order valence-corrected chi connectivity index (χ3v) is 5.46. The first kappa shape index (κ1) is 24.8. The normalized spacial score (nSPS) is 11.0. The van der Waals surface area contributed by atoms with Crippen LogP contribution in [0.3, 0.4) is 0 Å². The fourth-order valence-electron chi connectivity index (χ4n) is 3.88. The molecule has 0 aliphatic carbocycles. The van der Waals surface area contributed by atoms with Crippen LogP contribution in [0.1, 0.15) is 52.3 Å². The average molecular weight is 466 g/mol. The minimum Gasteiger partial charge on any atom is -0.471 e. The van der Waals surface area contributed by atoms with Crippen molar-refractivity contribution in [2.45, 2.75) is 47.3 Å². The number of primary amides is 1. The third-order valence-electron chi connectivity index (χ3n) is 5.46. The van der Waals surface area contributed by atoms with Crippen LogP contribution in [0.15, 0.2) is 30.5 Å². The zero-order valence-corrected chi connectivity index (χ0v) is 20.2. The number of carboxylic acid groups (broad SMARTS) is 1. The van der Waals surface area contributed by atoms with Crippen molar-refractivity contribution in [1.29, 1.82) is 0 Å². The second-order valence-electron chi connectivity index (χ2n) is 8.77. The number of nitrogens with zero attached hydrogens (tertiary/aromatic N) is 3. The van der Waals surface area contributed by atoms with Crippen molar-refractivity contribution < 1.29 is 19.4 Å². The predicted molar refractivity (Wildman–Crippen MR) is 129 cm³/mol. The Balaban J connectivity index is 2.17. The highest BCUT2D eigenvalue weighted by atomic mass is 16.5. The molecule has 3 aromatic rings. The van der Waals surface area contributed by atoms with Crippen LogP contribution in [0, 0.1) is 19.8 Å². The van der Waals surface area contributed by atoms with Gasteiger partial charge in [0.1, 0.15) is 12.2 Å². The van der Waals surface area contributed by atoms with Gasteiger partial charge in [0, 0.05) is 42.3 Å². The minimum absolute atomic E-state index is 0.0847. The van der Waals surface area contributed by atoms with Crippen molar-refractivity contribution in [3.63, 3.8) is 0 Å². The molecular weight excluding hydrogens is 434 g/mol. The molecule has 0 saturated carbocycles. The molecule has 2 heterocycles. The molecule has 180 valence electrons. The molecule has 9 heteroatoms. The van der Waals surface area contributed by atoms with E-state index in [1.54, 1.807) is 7.05 Å². The first-order valence-corrected chi connectivity index (χ1v) is 11.1. The molecule has 9 nitrogen and oxygen atoms in total. The summed E-state index contributed by atoms with van der Waals surface area (Å²) in [6.07, 6.45) is 1.10. The molecule has 34 heavy (non-hydrogen) atoms. The molecule has 0 aliphatic rings. The van der Waals surface area contributed by atoms with E-state index in [9.17, 15) is 14.7 Å². The molecule has 0 radical (unpaired) electrons. The molecule has 0 fully saturated rings. The Hall–Kier alpha value is -3.88. The van der Waals surface area contributed by atoms with Crippen molar-refractivity contribution in [1.82, 2.24) is 20.1 Å². The van der Waals surface area contributed by atoms with Crippen LogP contribution in [0.5, 0.6) is 5.88 Å². The van der Waals surface area contributed by atoms with E-state index in [0.717, 1.165) is 39.2 Å². The maximum atomic E-state index is 11.8. The highest BCUT2D eigenvalue weighted by molar-refractivity contribution is 5.94. The first-order chi connectivity index (χ1) is 16.1. The standard InChI is InChI=1S/C25H31N5O4/c1-14(2)10-21-18(11-27-25(32)33)22(17-8-6-15(3)7-9-17)20(16(4)28-21)13-34-24-19(23(26)31)12-30(5)29-24/h6-9,12,14,27H,10-11,13H2,1-5H3,(H2,26,31)(H,32,33). The summed E-state index contributed by atoms with van der Waals surface area (Å²) in [5.41, 5.74) is 11.8. The molecule has 3 rings (SSSR count). The van der Waals surface area contributed by atoms with Crippen LogP contribution in [0.2, 0.25) is 0 Å². The zero-order valence-electron chi connectivity index (χ0n) is 20.2. The fraction of sp³-hybridized carbons (Fsp3) is 0.360. The largest absolute Gasteiger partial charge is 0.471 e. The lowest BCUT2D eigenvalue weighted by Gasteiger charge is -2.22. The number of aryl methyl sites for hydroxylation is 3. The van der Waals surface area contributed by atoms with E-state index < -0.39 is 12.0 Å². The van der Waals surface area contributed by atoms with Crippen LogP contribution in [0.4, 0.5) is 4.79 Å². The highest BCUT2D eigenvalue weighted by Gasteiger charge is 2.22. The van der Waals surface area contributed by atoms with Crippen molar-refractivity contribution in [2.75, 3.05) is 0 Å². The van der Waals surface area contributed by atoms with Gasteiger partial charge in [-0.05, 0) is 37.3 Å². The number of nitrogens with one attached hydrogen (secondary N) is 1. The number of hydrogen-bond donors (Lipinski definition) is 3. The average Bonchev–Trinajstić information content (AvgIpc) is 3.13. The smallest absolute Gasteiger partial charge is 0.404 e. The van der Waals surface area contributed by atoms with Gasteiger partial charge in [0.05, 0.1) is 0 Å². The van der Waals surface area contributed by atoms with E-state index in [0.29, 0.717) is 12.3 Å². The Morgan fingerprint density at radius 3 is 2.44 bits per heavy atom. The van der Waals surface area contributed by atoms with E-state index in [2.05, 4.69) is 24.3 Å². The molecule has 2 aromatic heterocycles. The highest BCUT2D eigenvalue weighted by Crippen LogP contribution is 2.34. The molecule has 0 atom stereocenters. The van der Waals surface area contributed by atoms with Crippen LogP contribution < -0.4 is 15.8 Å². The molecule has 0 aliphatic heterocycles. The monoisotopic (exact) mass is 465 g/mol. The number of carbonyl (C=O) groups is 2. The van der Waals surface area contributed by atoms with E-state index in [1.807, 2.05) is 38.1 Å². The Kier molecular flexibility index (Phi) is 7.55. The second-order valence-corrected chi connectivity index (χ2v) is 8.77. The van der Waals surface area contributed by atoms with Crippen molar-refractivity contribution in [3.05, 3.63) is 64.1 Å². The molecule has 1 aromatic carbocycles. The lowest BCUT2D eigenvalue weighted by Crippen LogP contribution is -2.23. The fourth-order valence-corrected chi connectivity index (χ4v) is 3.88. The summed E-state index contributed by atoms with van der Waals surface area (Å²) in [5.74, 6) is -0.161. The van der Waals surface area contributed by atoms with E-state index in [1.165, 1.54) is 10.9 Å². The number of ether oxygens (including phenoxy) is 1. The van der Waals surface area contributed by atoms with Gasteiger partial charge in [0.15, 0.2) is 0 Å². The molecular formula is C25H31N5O4. The Bertz CT molecular complexity index is 1200. The third kappa shape index (κ3) is 5.72. The predicted octanol–water partition coefficient (Wildman–Crippen LogP) is 3.74. The molecule has 2 amide bonds. The van der Waals surface area contributed by atoms with Crippen LogP contribution in [-0.2, 0) is 26.6 Å². The van der Waals surface area contributed by atoms with E-state index >= 15 is 0 Å². The molecule has 4 N–H and O–H groups in total. The summed E-state index contributed by atoms with van der Waals surface area (Å²) < 4.78 is 7.43. The lowest BCUT2D eigenvalue weighted by atomic mass is 9.90. The molecule has 0 spiro atoms. The van der Waals surface area contributed by atoms with Gasteiger partial charge in [-0.25, -0.2) is 4.79 Å². The number of hydrogen-bond acceptors (Lipinski definition) is 5. The SMILES string of the molecule is Cc1ccc(-c2c(COc3nn(C)cc3C(N)=O)c(C)nc(CC(C)C)c2CNC(=O)O)cc1. The molecule has 0 bridgehead atoms. The van der Waals surface area contributed by atoms with Crippen molar-refractivity contribution in [2.24, 2.45) is 18.7 Å². The van der Waals surface area contributed by atoms with Gasteiger partial charge in [0.25, 0.3) is 5.91 Å². The Morgan fingerprint density at radius 1 is 1.18 bits per heavy atom. The quantitative estimate of drug-likeness (QED) is 0.441. The van der Waals surface area contributed by atoms with Gasteiger partial charge in [-0.15, -0.1) is 5.10 Å². The number of nitrogens with two attached hydrogens (primary N) is 1. The van der Waals surface area contributed by atoms with Crippen LogP contribution >= 0.6 is 0 Å². The number of aromatic nitrogens is 3. The van der Waals surface area contributed by atoms with Gasteiger partial charge in [0.2, 0.25) is 5.88 Å². The zero-order chi connectivity index (χ0) is 25.0. The van der Waals surface area contributed by atoms with Gasteiger partial charge in [-0.3, -0.25) is 14.5 Å². The van der Waals surface area contributed by atoms with E-state index in [4.69, 9.17) is 15.5 Å². The number of pyridine rings is 1. The van der Waals surface area contributed by atoms with Gasteiger partial charge in [-0.2, -0.15) is 0 Å². The maximum Gasteiger partial charge on any atom is 0.404 e. The Morgan fingerprint density at radius 2 is 1.85 bits per heavy atom. The van der Waals surface area contributed by atoms with Gasteiger partial charge < -0.3 is 20.9 Å². The maximum absolute atomic E-state index is 11.8. The summed E-state index contributed by atoms with van der Waals surface area (Å²) >= 11 is 0. The van der Waals surface area contributed by atoms with Gasteiger partial charge in [-0.1, -0.05) is 43.7 Å². The van der Waals surface area contributed by atoms with Gasteiger partial charge >= 0.3 is 6.09 Å². The van der Waals surface area contributed by atoms with Crippen LogP contribution in [0.25, 0.3) is 11.1 Å². The molecule has 0 unspecified atom stereocenters. The number of amides is 2. The first-order valence-electron chi connectivity index (χ1n) is 11.1. The number of benzene rings is 1. The molecule has 0 saturated heterocycles. The lowest BCUT2D eigenvalue weighted by molar-refractivity contribution is 0.0995. The minimum atomic E-state index is -1.11. The van der Waals surface area contributed by atoms with Crippen molar-refractivity contribution >= 4 is 12.0 Å². The second kappa shape index (κ2) is 10.4. The Labute approximate surface area is 199 Å². The summed E-state index contributed by atoms with van der Waals surface area (Å²) in [6, 6.07) is 8.03. The topological polar surface area (TPSA) is 132 Å². The number of carbonyl (C=O) groups excluding carboxylic acids is 1. The summed E-state index contributed by atoms with van der Waals surface area (Å²) in [4.78, 5) is 28.0. The summed E-state index contributed by atoms with van der Waals surface area (Å²) in [5, 5.41) is 16.0. The number of rotatable bonds is 9. The summed E-state index contributed by atoms with van der Waals surface area (Å²) in [6.45, 7) is 8.30. The van der Waals surface area contributed by atoms with E-state index in [-0.39, 0.29) is 24.6 Å². The summed E-state index contributed by atoms with van der Waals surface area (Å²) in [7, 11) is 1.68. The van der Waals surface area contributed by atoms with Crippen molar-refractivity contribution in [3.8, 4) is 17.0 Å².